The molecule has 1 aliphatic carbocycles. The SMILES string of the molecule is CC(C)CC(CN)CC(=O)N(C)CCC(CC1=CCCS1)Oc1cccc2c1CC=CC2. The Morgan fingerprint density at radius 2 is 2.06 bits per heavy atom. The van der Waals surface area contributed by atoms with Gasteiger partial charge in [0.15, 0.2) is 0 Å². The third-order valence-electron chi connectivity index (χ3n) is 6.37. The zero-order chi connectivity index (χ0) is 22.9. The van der Waals surface area contributed by atoms with Crippen LogP contribution in [-0.4, -0.2) is 42.8 Å². The van der Waals surface area contributed by atoms with Crippen LogP contribution in [0.2, 0.25) is 0 Å². The molecule has 1 aromatic carbocycles. The molecule has 0 saturated carbocycles. The number of amides is 1. The predicted molar refractivity (Wildman–Crippen MR) is 136 cm³/mol. The highest BCUT2D eigenvalue weighted by atomic mass is 32.2. The summed E-state index contributed by atoms with van der Waals surface area (Å²) in [5.41, 5.74) is 8.60. The Balaban J connectivity index is 1.62. The Kier molecular flexibility index (Phi) is 9.73. The molecule has 2 aliphatic rings. The van der Waals surface area contributed by atoms with Gasteiger partial charge in [-0.3, -0.25) is 4.79 Å². The summed E-state index contributed by atoms with van der Waals surface area (Å²) in [5, 5.41) is 0. The Hall–Kier alpha value is -1.72. The van der Waals surface area contributed by atoms with E-state index < -0.39 is 0 Å². The summed E-state index contributed by atoms with van der Waals surface area (Å²) in [4.78, 5) is 16.1. The van der Waals surface area contributed by atoms with E-state index in [0.29, 0.717) is 25.4 Å². The van der Waals surface area contributed by atoms with E-state index in [2.05, 4.69) is 50.3 Å². The molecule has 176 valence electrons. The number of carbonyl (C=O) groups is 1. The van der Waals surface area contributed by atoms with Crippen LogP contribution in [0.4, 0.5) is 0 Å². The van der Waals surface area contributed by atoms with Crippen molar-refractivity contribution in [2.45, 2.75) is 64.9 Å². The topological polar surface area (TPSA) is 55.6 Å². The molecule has 0 aromatic heterocycles. The molecule has 3 rings (SSSR count). The molecule has 0 spiro atoms. The second-order valence-corrected chi connectivity index (χ2v) is 10.8. The second kappa shape index (κ2) is 12.5. The fourth-order valence-electron chi connectivity index (χ4n) is 4.57. The van der Waals surface area contributed by atoms with Gasteiger partial charge in [-0.05, 0) is 60.6 Å². The Morgan fingerprint density at radius 1 is 1.25 bits per heavy atom. The van der Waals surface area contributed by atoms with E-state index in [1.54, 1.807) is 0 Å². The average molecular weight is 457 g/mol. The van der Waals surface area contributed by atoms with Gasteiger partial charge in [-0.2, -0.15) is 0 Å². The standard InChI is InChI=1S/C27H40N2O2S/c1-20(2)16-21(19-28)17-27(30)29(3)14-13-23(18-24-10-7-15-32-24)31-26-12-6-9-22-8-4-5-11-25(22)26/h4-6,9-10,12,20-21,23H,7-8,11,13-19,28H2,1-3H3. The van der Waals surface area contributed by atoms with Crippen LogP contribution in [-0.2, 0) is 17.6 Å². The van der Waals surface area contributed by atoms with Crippen LogP contribution in [0.3, 0.4) is 0 Å². The molecule has 1 heterocycles. The lowest BCUT2D eigenvalue weighted by atomic mass is 9.94. The van der Waals surface area contributed by atoms with Crippen LogP contribution in [0.25, 0.3) is 0 Å². The van der Waals surface area contributed by atoms with Crippen LogP contribution >= 0.6 is 11.8 Å². The normalized spacial score (nSPS) is 17.1. The van der Waals surface area contributed by atoms with Gasteiger partial charge < -0.3 is 15.4 Å². The number of ether oxygens (including phenoxy) is 1. The molecule has 0 radical (unpaired) electrons. The average Bonchev–Trinajstić information content (AvgIpc) is 3.29. The van der Waals surface area contributed by atoms with E-state index in [0.717, 1.165) is 44.3 Å². The van der Waals surface area contributed by atoms with E-state index in [9.17, 15) is 4.79 Å². The van der Waals surface area contributed by atoms with Crippen molar-refractivity contribution in [1.82, 2.24) is 4.90 Å². The van der Waals surface area contributed by atoms with Gasteiger partial charge in [0, 0.05) is 44.2 Å². The van der Waals surface area contributed by atoms with Crippen molar-refractivity contribution < 1.29 is 9.53 Å². The zero-order valence-corrected chi connectivity index (χ0v) is 20.8. The van der Waals surface area contributed by atoms with E-state index in [1.807, 2.05) is 23.7 Å². The monoisotopic (exact) mass is 456 g/mol. The first-order valence-electron chi connectivity index (χ1n) is 12.1. The number of hydrogen-bond acceptors (Lipinski definition) is 4. The predicted octanol–water partition coefficient (Wildman–Crippen LogP) is 5.36. The number of benzene rings is 1. The van der Waals surface area contributed by atoms with E-state index >= 15 is 0 Å². The van der Waals surface area contributed by atoms with E-state index in [-0.39, 0.29) is 17.9 Å². The van der Waals surface area contributed by atoms with Crippen LogP contribution in [0, 0.1) is 11.8 Å². The molecule has 4 nitrogen and oxygen atoms in total. The first-order valence-corrected chi connectivity index (χ1v) is 13.1. The lowest BCUT2D eigenvalue weighted by molar-refractivity contribution is -0.131. The second-order valence-electron chi connectivity index (χ2n) is 9.56. The van der Waals surface area contributed by atoms with Gasteiger partial charge >= 0.3 is 0 Å². The number of rotatable bonds is 12. The fraction of sp³-hybridized carbons (Fsp3) is 0.593. The maximum atomic E-state index is 12.8. The van der Waals surface area contributed by atoms with Crippen molar-refractivity contribution in [2.75, 3.05) is 25.9 Å². The minimum absolute atomic E-state index is 0.0699. The Labute approximate surface area is 198 Å². The van der Waals surface area contributed by atoms with Gasteiger partial charge in [-0.25, -0.2) is 0 Å². The number of allylic oxidation sites excluding steroid dienone is 3. The lowest BCUT2D eigenvalue weighted by Gasteiger charge is -2.26. The van der Waals surface area contributed by atoms with Crippen molar-refractivity contribution in [3.05, 3.63) is 52.5 Å². The van der Waals surface area contributed by atoms with Crippen molar-refractivity contribution in [3.8, 4) is 5.75 Å². The van der Waals surface area contributed by atoms with E-state index in [1.165, 1.54) is 21.8 Å². The van der Waals surface area contributed by atoms with Crippen molar-refractivity contribution >= 4 is 17.7 Å². The van der Waals surface area contributed by atoms with Gasteiger partial charge in [-0.1, -0.05) is 44.2 Å². The van der Waals surface area contributed by atoms with Gasteiger partial charge in [0.1, 0.15) is 11.9 Å². The minimum atomic E-state index is 0.0699. The molecule has 1 amide bonds. The molecular weight excluding hydrogens is 416 g/mol. The van der Waals surface area contributed by atoms with Crippen LogP contribution < -0.4 is 10.5 Å². The van der Waals surface area contributed by atoms with Gasteiger partial charge in [0.25, 0.3) is 0 Å². The van der Waals surface area contributed by atoms with Crippen molar-refractivity contribution in [1.29, 1.82) is 0 Å². The number of nitrogens with two attached hydrogens (primary N) is 1. The summed E-state index contributed by atoms with van der Waals surface area (Å²) in [6.45, 7) is 5.65. The number of nitrogens with zero attached hydrogens (tertiary/aromatic N) is 1. The third kappa shape index (κ3) is 7.41. The van der Waals surface area contributed by atoms with Crippen LogP contribution in [0.15, 0.2) is 41.3 Å². The summed E-state index contributed by atoms with van der Waals surface area (Å²) in [5.74, 6) is 3.19. The molecular formula is C27H40N2O2S. The smallest absolute Gasteiger partial charge is 0.222 e. The van der Waals surface area contributed by atoms with E-state index in [4.69, 9.17) is 10.5 Å². The van der Waals surface area contributed by atoms with Crippen LogP contribution in [0.5, 0.6) is 5.75 Å². The highest BCUT2D eigenvalue weighted by Crippen LogP contribution is 2.33. The van der Waals surface area contributed by atoms with Gasteiger partial charge in [0.05, 0.1) is 0 Å². The summed E-state index contributed by atoms with van der Waals surface area (Å²) in [7, 11) is 1.92. The molecule has 0 fully saturated rings. The maximum Gasteiger partial charge on any atom is 0.222 e. The van der Waals surface area contributed by atoms with Gasteiger partial charge in [0.2, 0.25) is 5.91 Å². The molecule has 2 N–H and O–H groups in total. The Morgan fingerprint density at radius 3 is 2.78 bits per heavy atom. The molecule has 2 unspecified atom stereocenters. The Bertz CT molecular complexity index is 818. The summed E-state index contributed by atoms with van der Waals surface area (Å²) >= 11 is 1.94. The van der Waals surface area contributed by atoms with Gasteiger partial charge in [-0.15, -0.1) is 11.8 Å². The zero-order valence-electron chi connectivity index (χ0n) is 20.0. The number of hydrogen-bond donors (Lipinski definition) is 1. The molecule has 2 atom stereocenters. The molecule has 1 aromatic rings. The largest absolute Gasteiger partial charge is 0.490 e. The summed E-state index contributed by atoms with van der Waals surface area (Å²) in [6.07, 6.45) is 13.2. The summed E-state index contributed by atoms with van der Waals surface area (Å²) in [6, 6.07) is 6.41. The molecule has 1 aliphatic heterocycles. The quantitative estimate of drug-likeness (QED) is 0.430. The molecule has 5 heteroatoms. The summed E-state index contributed by atoms with van der Waals surface area (Å²) < 4.78 is 6.61. The third-order valence-corrected chi connectivity index (χ3v) is 7.51. The number of carbonyl (C=O) groups excluding carboxylic acids is 1. The number of thioether (sulfide) groups is 1. The molecule has 0 bridgehead atoms. The maximum absolute atomic E-state index is 12.8. The van der Waals surface area contributed by atoms with Crippen LogP contribution in [0.1, 0.15) is 57.1 Å². The van der Waals surface area contributed by atoms with Crippen molar-refractivity contribution in [2.24, 2.45) is 17.6 Å². The first kappa shape index (κ1) is 24.9. The lowest BCUT2D eigenvalue weighted by Crippen LogP contribution is -2.34. The molecule has 0 saturated heterocycles. The highest BCUT2D eigenvalue weighted by Gasteiger charge is 2.22. The first-order chi connectivity index (χ1) is 15.5. The number of fused-ring (bicyclic) bond motifs is 1. The molecule has 32 heavy (non-hydrogen) atoms. The highest BCUT2D eigenvalue weighted by molar-refractivity contribution is 8.03. The fourth-order valence-corrected chi connectivity index (χ4v) is 5.61. The minimum Gasteiger partial charge on any atom is -0.490 e. The van der Waals surface area contributed by atoms with Crippen molar-refractivity contribution in [3.63, 3.8) is 0 Å².